The summed E-state index contributed by atoms with van der Waals surface area (Å²) in [5.41, 5.74) is 0.801. The summed E-state index contributed by atoms with van der Waals surface area (Å²) >= 11 is 0. The Kier molecular flexibility index (Phi) is 6.16. The lowest BCUT2D eigenvalue weighted by Crippen LogP contribution is -2.25. The van der Waals surface area contributed by atoms with Crippen molar-refractivity contribution in [1.29, 1.82) is 0 Å². The number of hydrogen-bond donors (Lipinski definition) is 0. The number of non-ortho nitro benzene ring substituents is 1. The maximum absolute atomic E-state index is 10.9. The number of hydrogen-bond acceptors (Lipinski definition) is 3. The highest BCUT2D eigenvalue weighted by Crippen LogP contribution is 2.46. The molecule has 6 heteroatoms. The van der Waals surface area contributed by atoms with Gasteiger partial charge in [-0.05, 0) is 17.7 Å². The average molecular weight is 425 g/mol. The molecule has 0 fully saturated rings. The van der Waals surface area contributed by atoms with Crippen molar-refractivity contribution in [3.63, 3.8) is 0 Å². The molecule has 4 rings (SSSR count). The molecule has 0 radical (unpaired) electrons. The predicted molar refractivity (Wildman–Crippen MR) is 128 cm³/mol. The van der Waals surface area contributed by atoms with Gasteiger partial charge in [-0.1, -0.05) is 91.0 Å². The number of nitro groups is 1. The van der Waals surface area contributed by atoms with Gasteiger partial charge in [-0.15, -0.1) is 0 Å². The number of benzene rings is 4. The van der Waals surface area contributed by atoms with E-state index >= 15 is 0 Å². The Labute approximate surface area is 180 Å². The minimum absolute atomic E-state index is 0.0498. The molecule has 0 amide bonds. The molecular formula is C25H20N3O2P. The quantitative estimate of drug-likeness (QED) is 0.187. The molecule has 31 heavy (non-hydrogen) atoms. The maximum atomic E-state index is 10.9. The van der Waals surface area contributed by atoms with Gasteiger partial charge in [0.25, 0.3) is 5.69 Å². The number of nitro benzene ring substituents is 1. The number of rotatable bonds is 6. The van der Waals surface area contributed by atoms with E-state index in [9.17, 15) is 10.1 Å². The lowest BCUT2D eigenvalue weighted by atomic mass is 10.2. The zero-order chi connectivity index (χ0) is 21.5. The van der Waals surface area contributed by atoms with E-state index < -0.39 is 12.0 Å². The Morgan fingerprint density at radius 3 is 1.45 bits per heavy atom. The highest BCUT2D eigenvalue weighted by molar-refractivity contribution is 7.87. The first-order chi connectivity index (χ1) is 15.2. The van der Waals surface area contributed by atoms with E-state index in [2.05, 4.69) is 41.5 Å². The van der Waals surface area contributed by atoms with Crippen LogP contribution in [-0.2, 0) is 0 Å². The first-order valence-corrected chi connectivity index (χ1v) is 11.5. The largest absolute Gasteiger partial charge is 0.269 e. The second kappa shape index (κ2) is 9.33. The third kappa shape index (κ3) is 4.37. The fourth-order valence-electron chi connectivity index (χ4n) is 3.39. The first kappa shape index (κ1) is 20.5. The van der Waals surface area contributed by atoms with Gasteiger partial charge in [0.15, 0.2) is 0 Å². The van der Waals surface area contributed by atoms with Crippen LogP contribution in [0, 0.1) is 10.1 Å². The molecule has 0 aliphatic heterocycles. The monoisotopic (exact) mass is 425 g/mol. The van der Waals surface area contributed by atoms with Crippen molar-refractivity contribution >= 4 is 34.9 Å². The Hall–Kier alpha value is -3.82. The van der Waals surface area contributed by atoms with Crippen LogP contribution in [0.5, 0.6) is 0 Å². The molecule has 0 spiro atoms. The van der Waals surface area contributed by atoms with E-state index in [0.29, 0.717) is 0 Å². The zero-order valence-electron chi connectivity index (χ0n) is 16.7. The molecule has 0 unspecified atom stereocenters. The molecule has 0 atom stereocenters. The summed E-state index contributed by atoms with van der Waals surface area (Å²) in [7, 11) is -2.40. The molecular weight excluding hydrogens is 405 g/mol. The molecule has 4 aromatic carbocycles. The Balaban J connectivity index is 1.90. The summed E-state index contributed by atoms with van der Waals surface area (Å²) < 4.78 is 0. The molecule has 152 valence electrons. The lowest BCUT2D eigenvalue weighted by Gasteiger charge is -2.25. The summed E-state index contributed by atoms with van der Waals surface area (Å²) in [5, 5.41) is 18.7. The van der Waals surface area contributed by atoms with Crippen molar-refractivity contribution in [1.82, 2.24) is 0 Å². The van der Waals surface area contributed by atoms with Crippen LogP contribution < -0.4 is 15.9 Å². The topological polar surface area (TPSA) is 67.9 Å². The van der Waals surface area contributed by atoms with Crippen molar-refractivity contribution in [3.8, 4) is 0 Å². The summed E-state index contributed by atoms with van der Waals surface area (Å²) in [6, 6.07) is 37.0. The molecule has 0 N–H and O–H groups in total. The van der Waals surface area contributed by atoms with Crippen molar-refractivity contribution < 1.29 is 4.92 Å². The van der Waals surface area contributed by atoms with E-state index in [1.54, 1.807) is 18.3 Å². The van der Waals surface area contributed by atoms with Crippen molar-refractivity contribution in [3.05, 3.63) is 131 Å². The summed E-state index contributed by atoms with van der Waals surface area (Å²) in [6.45, 7) is 0. The standard InChI is InChI=1S/C25H20N3O2P/c29-28(30)22-18-16-21(17-19-22)20-26-27-31(23-10-4-1-5-11-23,24-12-6-2-7-13-24)25-14-8-3-9-15-25/h1-20H/b26-20+. The van der Waals surface area contributed by atoms with Gasteiger partial charge in [0.1, 0.15) is 0 Å². The maximum Gasteiger partial charge on any atom is 0.269 e. The summed E-state index contributed by atoms with van der Waals surface area (Å²) in [5.74, 6) is 0. The lowest BCUT2D eigenvalue weighted by molar-refractivity contribution is -0.384. The smallest absolute Gasteiger partial charge is 0.258 e. The minimum atomic E-state index is -2.40. The van der Waals surface area contributed by atoms with Crippen LogP contribution in [0.3, 0.4) is 0 Å². The van der Waals surface area contributed by atoms with E-state index in [1.165, 1.54) is 12.1 Å². The first-order valence-electron chi connectivity index (χ1n) is 9.76. The second-order valence-electron chi connectivity index (χ2n) is 6.82. The fourth-order valence-corrected chi connectivity index (χ4v) is 6.61. The van der Waals surface area contributed by atoms with Crippen LogP contribution in [0.15, 0.2) is 125 Å². The van der Waals surface area contributed by atoms with Crippen molar-refractivity contribution in [2.45, 2.75) is 0 Å². The predicted octanol–water partition coefficient (Wildman–Crippen LogP) is 5.11. The average Bonchev–Trinajstić information content (AvgIpc) is 2.84. The third-order valence-electron chi connectivity index (χ3n) is 4.89. The van der Waals surface area contributed by atoms with E-state index in [4.69, 9.17) is 4.85 Å². The van der Waals surface area contributed by atoms with Gasteiger partial charge in [-0.25, -0.2) is 0 Å². The highest BCUT2D eigenvalue weighted by atomic mass is 31.2. The Morgan fingerprint density at radius 2 is 1.06 bits per heavy atom. The minimum Gasteiger partial charge on any atom is -0.258 e. The molecule has 0 saturated carbocycles. The van der Waals surface area contributed by atoms with Crippen LogP contribution in [0.1, 0.15) is 5.56 Å². The fraction of sp³-hybridized carbons (Fsp3) is 0. The molecule has 5 nitrogen and oxygen atoms in total. The molecule has 0 aliphatic carbocycles. The van der Waals surface area contributed by atoms with Crippen LogP contribution in [-0.4, -0.2) is 11.1 Å². The van der Waals surface area contributed by atoms with Crippen LogP contribution in [0.2, 0.25) is 0 Å². The van der Waals surface area contributed by atoms with Crippen LogP contribution in [0.25, 0.3) is 0 Å². The molecule has 0 bridgehead atoms. The Bertz CT molecular complexity index is 1140. The van der Waals surface area contributed by atoms with Crippen molar-refractivity contribution in [2.75, 3.05) is 0 Å². The van der Waals surface area contributed by atoms with Crippen LogP contribution in [0.4, 0.5) is 5.69 Å². The molecule has 0 saturated heterocycles. The Morgan fingerprint density at radius 1 is 0.645 bits per heavy atom. The molecule has 0 aliphatic rings. The van der Waals surface area contributed by atoms with E-state index in [1.807, 2.05) is 54.6 Å². The number of nitrogens with zero attached hydrogens (tertiary/aromatic N) is 3. The van der Waals surface area contributed by atoms with Gasteiger partial charge in [-0.3, -0.25) is 10.1 Å². The molecule has 0 heterocycles. The SMILES string of the molecule is O=[N+]([O-])c1ccc(/C=N/N=P(c2ccccc2)(c2ccccc2)c2ccccc2)cc1. The summed E-state index contributed by atoms with van der Waals surface area (Å²) in [6.07, 6.45) is 1.65. The van der Waals surface area contributed by atoms with E-state index in [-0.39, 0.29) is 5.69 Å². The van der Waals surface area contributed by atoms with Gasteiger partial charge < -0.3 is 0 Å². The van der Waals surface area contributed by atoms with Gasteiger partial charge >= 0.3 is 0 Å². The van der Waals surface area contributed by atoms with Gasteiger partial charge in [0.2, 0.25) is 0 Å². The van der Waals surface area contributed by atoms with Crippen LogP contribution >= 0.6 is 7.05 Å². The molecule has 4 aromatic rings. The third-order valence-corrected chi connectivity index (χ3v) is 8.39. The highest BCUT2D eigenvalue weighted by Gasteiger charge is 2.27. The van der Waals surface area contributed by atoms with Crippen molar-refractivity contribution in [2.24, 2.45) is 9.96 Å². The normalized spacial score (nSPS) is 11.4. The van der Waals surface area contributed by atoms with E-state index in [0.717, 1.165) is 21.5 Å². The van der Waals surface area contributed by atoms with Gasteiger partial charge in [-0.2, -0.15) is 9.96 Å². The summed E-state index contributed by atoms with van der Waals surface area (Å²) in [4.78, 5) is 15.4. The second-order valence-corrected chi connectivity index (χ2v) is 9.82. The molecule has 0 aromatic heterocycles. The van der Waals surface area contributed by atoms with Gasteiger partial charge in [0, 0.05) is 28.0 Å². The van der Waals surface area contributed by atoms with Gasteiger partial charge in [0.05, 0.1) is 18.2 Å². The zero-order valence-corrected chi connectivity index (χ0v) is 17.5.